The Hall–Kier alpha value is -0.480. The summed E-state index contributed by atoms with van der Waals surface area (Å²) < 4.78 is 1.97. The summed E-state index contributed by atoms with van der Waals surface area (Å²) in [6, 6.07) is 0.412. The summed E-state index contributed by atoms with van der Waals surface area (Å²) in [4.78, 5) is 0. The molecule has 4 heteroatoms. The second kappa shape index (κ2) is 7.74. The molecule has 1 heterocycles. The number of unbranched alkanes of at least 4 members (excludes halogenated alkanes) is 1. The zero-order valence-electron chi connectivity index (χ0n) is 10.6. The summed E-state index contributed by atoms with van der Waals surface area (Å²) in [6.07, 6.45) is 8.81. The van der Waals surface area contributed by atoms with Gasteiger partial charge in [0.15, 0.2) is 0 Å². The second-order valence-corrected chi connectivity index (χ2v) is 4.99. The maximum Gasteiger partial charge on any atom is 0.0537 e. The molecule has 1 unspecified atom stereocenters. The fourth-order valence-electron chi connectivity index (χ4n) is 1.58. The summed E-state index contributed by atoms with van der Waals surface area (Å²) >= 11 is 1.92. The van der Waals surface area contributed by atoms with Gasteiger partial charge >= 0.3 is 0 Å². The van der Waals surface area contributed by atoms with Crippen LogP contribution in [0.15, 0.2) is 12.4 Å². The van der Waals surface area contributed by atoms with E-state index in [1.54, 1.807) is 0 Å². The van der Waals surface area contributed by atoms with E-state index in [2.05, 4.69) is 36.7 Å². The van der Waals surface area contributed by atoms with Gasteiger partial charge in [0.1, 0.15) is 0 Å². The predicted molar refractivity (Wildman–Crippen MR) is 71.9 cm³/mol. The van der Waals surface area contributed by atoms with Crippen molar-refractivity contribution < 1.29 is 0 Å². The monoisotopic (exact) mass is 241 g/mol. The van der Waals surface area contributed by atoms with Gasteiger partial charge in [-0.3, -0.25) is 4.68 Å². The number of aromatic nitrogens is 2. The average molecular weight is 241 g/mol. The lowest BCUT2D eigenvalue weighted by Gasteiger charge is -2.11. The number of aryl methyl sites for hydroxylation is 1. The summed E-state index contributed by atoms with van der Waals surface area (Å²) in [5.74, 6) is 1.27. The first-order valence-electron chi connectivity index (χ1n) is 6.02. The standard InChI is InChI=1S/C12H23N3S/c1-4-15-10-12(9-14-15)11(2)13-7-5-6-8-16-3/h9-11,13H,4-8H2,1-3H3. The minimum Gasteiger partial charge on any atom is -0.310 e. The van der Waals surface area contributed by atoms with Crippen LogP contribution in [-0.4, -0.2) is 28.3 Å². The number of nitrogens with one attached hydrogen (secondary N) is 1. The molecule has 1 rings (SSSR count). The van der Waals surface area contributed by atoms with Gasteiger partial charge in [0.05, 0.1) is 6.20 Å². The van der Waals surface area contributed by atoms with Crippen LogP contribution in [0.2, 0.25) is 0 Å². The van der Waals surface area contributed by atoms with Crippen LogP contribution < -0.4 is 5.32 Å². The fraction of sp³-hybridized carbons (Fsp3) is 0.750. The molecule has 0 aromatic carbocycles. The van der Waals surface area contributed by atoms with E-state index in [0.29, 0.717) is 6.04 Å². The molecule has 0 amide bonds. The maximum absolute atomic E-state index is 4.29. The van der Waals surface area contributed by atoms with Crippen LogP contribution in [0.25, 0.3) is 0 Å². The molecule has 1 aromatic rings. The lowest BCUT2D eigenvalue weighted by Crippen LogP contribution is -2.19. The second-order valence-electron chi connectivity index (χ2n) is 4.01. The van der Waals surface area contributed by atoms with Crippen LogP contribution in [0.3, 0.4) is 0 Å². The van der Waals surface area contributed by atoms with E-state index >= 15 is 0 Å². The van der Waals surface area contributed by atoms with Gasteiger partial charge in [0, 0.05) is 24.3 Å². The van der Waals surface area contributed by atoms with Crippen molar-refractivity contribution in [2.75, 3.05) is 18.6 Å². The Labute approximate surface area is 103 Å². The van der Waals surface area contributed by atoms with Crippen molar-refractivity contribution in [3.63, 3.8) is 0 Å². The van der Waals surface area contributed by atoms with Gasteiger partial charge in [-0.25, -0.2) is 0 Å². The number of hydrogen-bond donors (Lipinski definition) is 1. The lowest BCUT2D eigenvalue weighted by atomic mass is 10.2. The molecule has 3 nitrogen and oxygen atoms in total. The Balaban J connectivity index is 2.21. The third-order valence-corrected chi connectivity index (χ3v) is 3.40. The molecule has 0 saturated heterocycles. The minimum absolute atomic E-state index is 0.412. The van der Waals surface area contributed by atoms with Crippen LogP contribution in [0.1, 0.15) is 38.3 Å². The Bertz CT molecular complexity index is 286. The Morgan fingerprint density at radius 2 is 2.31 bits per heavy atom. The van der Waals surface area contributed by atoms with Gasteiger partial charge in [-0.2, -0.15) is 16.9 Å². The smallest absolute Gasteiger partial charge is 0.0537 e. The summed E-state index contributed by atoms with van der Waals surface area (Å²) in [6.45, 7) is 6.35. The Kier molecular flexibility index (Phi) is 6.57. The van der Waals surface area contributed by atoms with Gasteiger partial charge < -0.3 is 5.32 Å². The topological polar surface area (TPSA) is 29.9 Å². The molecule has 0 bridgehead atoms. The highest BCUT2D eigenvalue weighted by Gasteiger charge is 2.06. The van der Waals surface area contributed by atoms with Gasteiger partial charge in [-0.05, 0) is 45.2 Å². The molecule has 0 aliphatic carbocycles. The van der Waals surface area contributed by atoms with E-state index in [1.807, 2.05) is 22.6 Å². The molecule has 1 N–H and O–H groups in total. The summed E-state index contributed by atoms with van der Waals surface area (Å²) in [7, 11) is 0. The largest absolute Gasteiger partial charge is 0.310 e. The molecular formula is C12H23N3S. The van der Waals surface area contributed by atoms with Gasteiger partial charge in [0.25, 0.3) is 0 Å². The Morgan fingerprint density at radius 3 is 2.94 bits per heavy atom. The Morgan fingerprint density at radius 1 is 1.50 bits per heavy atom. The van der Waals surface area contributed by atoms with E-state index in [9.17, 15) is 0 Å². The van der Waals surface area contributed by atoms with E-state index < -0.39 is 0 Å². The zero-order valence-corrected chi connectivity index (χ0v) is 11.4. The molecule has 0 saturated carbocycles. The molecule has 0 aliphatic rings. The molecular weight excluding hydrogens is 218 g/mol. The molecule has 0 radical (unpaired) electrons. The predicted octanol–water partition coefficient (Wildman–Crippen LogP) is 2.70. The van der Waals surface area contributed by atoms with Crippen LogP contribution in [-0.2, 0) is 6.54 Å². The van der Waals surface area contributed by atoms with Crippen LogP contribution in [0.5, 0.6) is 0 Å². The maximum atomic E-state index is 4.29. The van der Waals surface area contributed by atoms with E-state index in [4.69, 9.17) is 0 Å². The van der Waals surface area contributed by atoms with Crippen molar-refractivity contribution in [1.29, 1.82) is 0 Å². The van der Waals surface area contributed by atoms with Crippen molar-refractivity contribution in [1.82, 2.24) is 15.1 Å². The third kappa shape index (κ3) is 4.58. The SMILES string of the molecule is CCn1cc(C(C)NCCCCSC)cn1. The molecule has 0 spiro atoms. The average Bonchev–Trinajstić information content (AvgIpc) is 2.77. The minimum atomic E-state index is 0.412. The first-order chi connectivity index (χ1) is 7.77. The lowest BCUT2D eigenvalue weighted by molar-refractivity contribution is 0.554. The van der Waals surface area contributed by atoms with Gasteiger partial charge in [-0.1, -0.05) is 0 Å². The number of hydrogen-bond acceptors (Lipinski definition) is 3. The third-order valence-electron chi connectivity index (χ3n) is 2.70. The highest BCUT2D eigenvalue weighted by Crippen LogP contribution is 2.10. The van der Waals surface area contributed by atoms with Crippen molar-refractivity contribution in [3.05, 3.63) is 18.0 Å². The first-order valence-corrected chi connectivity index (χ1v) is 7.42. The van der Waals surface area contributed by atoms with Crippen molar-refractivity contribution in [3.8, 4) is 0 Å². The molecule has 0 aliphatic heterocycles. The van der Waals surface area contributed by atoms with Crippen molar-refractivity contribution >= 4 is 11.8 Å². The van der Waals surface area contributed by atoms with Gasteiger partial charge in [0.2, 0.25) is 0 Å². The molecule has 1 aromatic heterocycles. The van der Waals surface area contributed by atoms with Crippen LogP contribution in [0.4, 0.5) is 0 Å². The van der Waals surface area contributed by atoms with E-state index in [0.717, 1.165) is 13.1 Å². The fourth-order valence-corrected chi connectivity index (χ4v) is 2.08. The van der Waals surface area contributed by atoms with Crippen molar-refractivity contribution in [2.45, 2.75) is 39.3 Å². The summed E-state index contributed by atoms with van der Waals surface area (Å²) in [5, 5.41) is 7.82. The van der Waals surface area contributed by atoms with E-state index in [1.165, 1.54) is 24.2 Å². The van der Waals surface area contributed by atoms with Crippen LogP contribution >= 0.6 is 11.8 Å². The highest BCUT2D eigenvalue weighted by atomic mass is 32.2. The quantitative estimate of drug-likeness (QED) is 0.710. The number of nitrogens with zero attached hydrogens (tertiary/aromatic N) is 2. The van der Waals surface area contributed by atoms with E-state index in [-0.39, 0.29) is 0 Å². The number of thioether (sulfide) groups is 1. The summed E-state index contributed by atoms with van der Waals surface area (Å²) in [5.41, 5.74) is 1.28. The number of rotatable bonds is 8. The molecule has 92 valence electrons. The van der Waals surface area contributed by atoms with Crippen LogP contribution in [0, 0.1) is 0 Å². The normalized spacial score (nSPS) is 12.9. The molecule has 1 atom stereocenters. The van der Waals surface area contributed by atoms with Gasteiger partial charge in [-0.15, -0.1) is 0 Å². The molecule has 0 fully saturated rings. The zero-order chi connectivity index (χ0) is 11.8. The molecule has 16 heavy (non-hydrogen) atoms. The highest BCUT2D eigenvalue weighted by molar-refractivity contribution is 7.98. The van der Waals surface area contributed by atoms with Crippen molar-refractivity contribution in [2.24, 2.45) is 0 Å². The first kappa shape index (κ1) is 13.6.